The van der Waals surface area contributed by atoms with Gasteiger partial charge in [0, 0.05) is 18.1 Å². The average molecular weight is 347 g/mol. The minimum Gasteiger partial charge on any atom is -0.497 e. The van der Waals surface area contributed by atoms with Crippen molar-refractivity contribution in [2.24, 2.45) is 0 Å². The lowest BCUT2D eigenvalue weighted by Crippen LogP contribution is -2.48. The van der Waals surface area contributed by atoms with Crippen LogP contribution in [0.4, 0.5) is 0 Å². The molecule has 2 bridgehead atoms. The largest absolute Gasteiger partial charge is 0.497 e. The summed E-state index contributed by atoms with van der Waals surface area (Å²) in [5.74, 6) is 0.686. The molecular weight excluding hydrogens is 324 g/mol. The van der Waals surface area contributed by atoms with Crippen molar-refractivity contribution in [3.8, 4) is 5.75 Å². The predicted molar refractivity (Wildman–Crippen MR) is 89.0 cm³/mol. The summed E-state index contributed by atoms with van der Waals surface area (Å²) in [6.07, 6.45) is 4.12. The molecule has 2 atom stereocenters. The summed E-state index contributed by atoms with van der Waals surface area (Å²) in [7, 11) is -1.73. The van der Waals surface area contributed by atoms with E-state index in [-0.39, 0.29) is 24.2 Å². The van der Waals surface area contributed by atoms with Crippen LogP contribution < -0.4 is 14.8 Å². The molecule has 0 aliphatic carbocycles. The van der Waals surface area contributed by atoms with Crippen LogP contribution in [-0.2, 0) is 15.8 Å². The lowest BCUT2D eigenvalue weighted by Gasteiger charge is -2.29. The molecule has 2 heterocycles. The van der Waals surface area contributed by atoms with Gasteiger partial charge in [-0.2, -0.15) is 0 Å². The Hall–Kier alpha value is -0.820. The zero-order chi connectivity index (χ0) is 14.9. The molecule has 124 valence electrons. The molecule has 7 heteroatoms. The van der Waals surface area contributed by atoms with Gasteiger partial charge in [-0.1, -0.05) is 12.1 Å². The number of nitrogens with one attached hydrogen (secondary N) is 2. The highest BCUT2D eigenvalue weighted by atomic mass is 35.5. The Morgan fingerprint density at radius 1 is 1.27 bits per heavy atom. The Morgan fingerprint density at radius 3 is 2.59 bits per heavy atom. The third-order valence-electron chi connectivity index (χ3n) is 4.31. The minimum absolute atomic E-state index is 0. The maximum absolute atomic E-state index is 12.3. The maximum Gasteiger partial charge on any atom is 0.216 e. The summed E-state index contributed by atoms with van der Waals surface area (Å²) < 4.78 is 32.7. The van der Waals surface area contributed by atoms with Crippen molar-refractivity contribution in [1.82, 2.24) is 10.0 Å². The molecule has 2 unspecified atom stereocenters. The second-order valence-corrected chi connectivity index (χ2v) is 7.79. The molecule has 2 N–H and O–H groups in total. The van der Waals surface area contributed by atoms with Crippen molar-refractivity contribution in [3.05, 3.63) is 29.8 Å². The molecule has 0 aromatic heterocycles. The zero-order valence-electron chi connectivity index (χ0n) is 12.6. The first-order valence-corrected chi connectivity index (χ1v) is 9.08. The van der Waals surface area contributed by atoms with Crippen molar-refractivity contribution in [3.63, 3.8) is 0 Å². The summed E-state index contributed by atoms with van der Waals surface area (Å²) >= 11 is 0. The number of rotatable bonds is 5. The van der Waals surface area contributed by atoms with Gasteiger partial charge in [-0.3, -0.25) is 0 Å². The first-order valence-electron chi connectivity index (χ1n) is 7.43. The van der Waals surface area contributed by atoms with Gasteiger partial charge in [0.15, 0.2) is 0 Å². The SMILES string of the molecule is COc1cccc(CS(=O)(=O)NC2CC3CCC(C2)N3)c1.Cl. The summed E-state index contributed by atoms with van der Waals surface area (Å²) in [6.45, 7) is 0. The predicted octanol–water partition coefficient (Wildman–Crippen LogP) is 1.82. The summed E-state index contributed by atoms with van der Waals surface area (Å²) in [6, 6.07) is 8.24. The number of fused-ring (bicyclic) bond motifs is 2. The molecular formula is C15H23ClN2O3S. The van der Waals surface area contributed by atoms with Crippen LogP contribution in [0.15, 0.2) is 24.3 Å². The van der Waals surface area contributed by atoms with E-state index in [0.717, 1.165) is 18.4 Å². The van der Waals surface area contributed by atoms with E-state index in [1.807, 2.05) is 18.2 Å². The molecule has 2 aliphatic heterocycles. The number of sulfonamides is 1. The zero-order valence-corrected chi connectivity index (χ0v) is 14.3. The van der Waals surface area contributed by atoms with Crippen molar-refractivity contribution in [1.29, 1.82) is 0 Å². The molecule has 2 fully saturated rings. The molecule has 0 amide bonds. The second kappa shape index (κ2) is 7.17. The molecule has 3 rings (SSSR count). The van der Waals surface area contributed by atoms with Crippen molar-refractivity contribution >= 4 is 22.4 Å². The fraction of sp³-hybridized carbons (Fsp3) is 0.600. The van der Waals surface area contributed by atoms with Crippen LogP contribution >= 0.6 is 12.4 Å². The molecule has 0 radical (unpaired) electrons. The summed E-state index contributed by atoms with van der Waals surface area (Å²) in [5.41, 5.74) is 0.749. The number of hydrogen-bond acceptors (Lipinski definition) is 4. The van der Waals surface area contributed by atoms with Gasteiger partial charge in [0.2, 0.25) is 10.0 Å². The van der Waals surface area contributed by atoms with Gasteiger partial charge in [-0.15, -0.1) is 12.4 Å². The Balaban J connectivity index is 0.00000176. The van der Waals surface area contributed by atoms with E-state index in [4.69, 9.17) is 4.74 Å². The molecule has 1 aromatic carbocycles. The Morgan fingerprint density at radius 2 is 1.95 bits per heavy atom. The van der Waals surface area contributed by atoms with Gasteiger partial charge in [-0.25, -0.2) is 13.1 Å². The first-order chi connectivity index (χ1) is 10.0. The van der Waals surface area contributed by atoms with Crippen molar-refractivity contribution in [2.45, 2.75) is 49.6 Å². The number of hydrogen-bond donors (Lipinski definition) is 2. The number of methoxy groups -OCH3 is 1. The molecule has 1 aromatic rings. The number of piperidine rings is 1. The molecule has 2 aliphatic rings. The van der Waals surface area contributed by atoms with Crippen LogP contribution in [0.5, 0.6) is 5.75 Å². The molecule has 5 nitrogen and oxygen atoms in total. The lowest BCUT2D eigenvalue weighted by molar-refractivity contribution is 0.345. The molecule has 0 saturated carbocycles. The molecule has 0 spiro atoms. The lowest BCUT2D eigenvalue weighted by atomic mass is 10.0. The van der Waals surface area contributed by atoms with E-state index >= 15 is 0 Å². The normalized spacial score (nSPS) is 27.2. The fourth-order valence-electron chi connectivity index (χ4n) is 3.43. The van der Waals surface area contributed by atoms with Crippen LogP contribution in [0, 0.1) is 0 Å². The van der Waals surface area contributed by atoms with Crippen LogP contribution in [0.2, 0.25) is 0 Å². The average Bonchev–Trinajstić information content (AvgIpc) is 2.77. The van der Waals surface area contributed by atoms with Gasteiger partial charge in [0.05, 0.1) is 12.9 Å². The highest BCUT2D eigenvalue weighted by molar-refractivity contribution is 7.88. The monoisotopic (exact) mass is 346 g/mol. The van der Waals surface area contributed by atoms with Crippen molar-refractivity contribution < 1.29 is 13.2 Å². The number of halogens is 1. The van der Waals surface area contributed by atoms with E-state index in [1.165, 1.54) is 12.8 Å². The van der Waals surface area contributed by atoms with E-state index in [9.17, 15) is 8.42 Å². The minimum atomic E-state index is -3.31. The van der Waals surface area contributed by atoms with E-state index in [2.05, 4.69) is 10.0 Å². The number of ether oxygens (including phenoxy) is 1. The third kappa shape index (κ3) is 4.35. The van der Waals surface area contributed by atoms with E-state index in [1.54, 1.807) is 13.2 Å². The highest BCUT2D eigenvalue weighted by Crippen LogP contribution is 2.27. The third-order valence-corrected chi connectivity index (χ3v) is 5.72. The topological polar surface area (TPSA) is 67.4 Å². The first kappa shape index (κ1) is 17.5. The van der Waals surface area contributed by atoms with Crippen molar-refractivity contribution in [2.75, 3.05) is 7.11 Å². The standard InChI is InChI=1S/C15H22N2O3S.ClH/c1-20-15-4-2-3-11(7-15)10-21(18,19)17-14-8-12-5-6-13(9-14)16-12;/h2-4,7,12-14,16-17H,5-6,8-10H2,1H3;1H. The summed E-state index contributed by atoms with van der Waals surface area (Å²) in [4.78, 5) is 0. The fourth-order valence-corrected chi connectivity index (χ4v) is 4.83. The van der Waals surface area contributed by atoms with Gasteiger partial charge in [-0.05, 0) is 43.4 Å². The van der Waals surface area contributed by atoms with Gasteiger partial charge < -0.3 is 10.1 Å². The highest BCUT2D eigenvalue weighted by Gasteiger charge is 2.35. The maximum atomic E-state index is 12.3. The quantitative estimate of drug-likeness (QED) is 0.853. The second-order valence-electron chi connectivity index (χ2n) is 6.03. The molecule has 2 saturated heterocycles. The van der Waals surface area contributed by atoms with Gasteiger partial charge >= 0.3 is 0 Å². The van der Waals surface area contributed by atoms with Crippen LogP contribution in [0.1, 0.15) is 31.2 Å². The van der Waals surface area contributed by atoms with Gasteiger partial charge in [0.25, 0.3) is 0 Å². The van der Waals surface area contributed by atoms with Crippen LogP contribution in [-0.4, -0.2) is 33.7 Å². The van der Waals surface area contributed by atoms with E-state index < -0.39 is 10.0 Å². The van der Waals surface area contributed by atoms with Crippen LogP contribution in [0.25, 0.3) is 0 Å². The Kier molecular flexibility index (Phi) is 5.71. The van der Waals surface area contributed by atoms with Gasteiger partial charge in [0.1, 0.15) is 5.75 Å². The number of benzene rings is 1. The Labute approximate surface area is 138 Å². The molecule has 22 heavy (non-hydrogen) atoms. The smallest absolute Gasteiger partial charge is 0.216 e. The van der Waals surface area contributed by atoms with E-state index in [0.29, 0.717) is 17.8 Å². The van der Waals surface area contributed by atoms with Crippen LogP contribution in [0.3, 0.4) is 0 Å². The summed E-state index contributed by atoms with van der Waals surface area (Å²) in [5, 5.41) is 3.52. The Bertz CT molecular complexity index is 597.